The maximum absolute atomic E-state index is 11.6. The van der Waals surface area contributed by atoms with E-state index in [1.54, 1.807) is 11.3 Å². The Morgan fingerprint density at radius 3 is 3.11 bits per heavy atom. The van der Waals surface area contributed by atoms with Crippen molar-refractivity contribution in [1.82, 2.24) is 4.98 Å². The van der Waals surface area contributed by atoms with Crippen molar-refractivity contribution in [3.05, 3.63) is 23.2 Å². The number of carbonyl (C=O) groups excluding carboxylic acids is 1. The first-order chi connectivity index (χ1) is 8.69. The number of nitrogens with zero attached hydrogens (tertiary/aromatic N) is 1. The molecule has 4 nitrogen and oxygen atoms in total. The van der Waals surface area contributed by atoms with Crippen molar-refractivity contribution in [2.75, 3.05) is 18.5 Å². The van der Waals surface area contributed by atoms with Gasteiger partial charge in [-0.05, 0) is 31.5 Å². The van der Waals surface area contributed by atoms with Gasteiger partial charge in [0.05, 0.1) is 15.2 Å². The van der Waals surface area contributed by atoms with Crippen LogP contribution in [0.3, 0.4) is 0 Å². The molecular weight excluding hydrogens is 248 g/mol. The molecule has 0 aliphatic rings. The highest BCUT2D eigenvalue weighted by Gasteiger charge is 2.05. The van der Waals surface area contributed by atoms with E-state index in [0.717, 1.165) is 27.3 Å². The van der Waals surface area contributed by atoms with Crippen LogP contribution in [-0.4, -0.2) is 24.1 Å². The molecule has 1 heterocycles. The standard InChI is InChI=1S/C13H16N2O2S/c1-3-6-17-8-13(16)15-10-4-5-11-12(7-10)18-9(2)14-11/h4-5,7H,3,6,8H2,1-2H3,(H,15,16). The van der Waals surface area contributed by atoms with Gasteiger partial charge in [0.25, 0.3) is 0 Å². The molecule has 5 heteroatoms. The van der Waals surface area contributed by atoms with Crippen LogP contribution in [0, 0.1) is 6.92 Å². The van der Waals surface area contributed by atoms with E-state index in [9.17, 15) is 4.79 Å². The minimum atomic E-state index is -0.121. The van der Waals surface area contributed by atoms with Gasteiger partial charge in [0.15, 0.2) is 0 Å². The second kappa shape index (κ2) is 5.93. The lowest BCUT2D eigenvalue weighted by molar-refractivity contribution is -0.120. The van der Waals surface area contributed by atoms with E-state index in [2.05, 4.69) is 10.3 Å². The minimum absolute atomic E-state index is 0.105. The van der Waals surface area contributed by atoms with Crippen molar-refractivity contribution in [3.63, 3.8) is 0 Å². The summed E-state index contributed by atoms with van der Waals surface area (Å²) in [4.78, 5) is 16.0. The lowest BCUT2D eigenvalue weighted by Crippen LogP contribution is -2.18. The van der Waals surface area contributed by atoms with Crippen LogP contribution in [0.1, 0.15) is 18.4 Å². The molecule has 1 aromatic carbocycles. The van der Waals surface area contributed by atoms with Crippen LogP contribution in [0.25, 0.3) is 10.2 Å². The fourth-order valence-electron chi connectivity index (χ4n) is 1.62. The van der Waals surface area contributed by atoms with Gasteiger partial charge in [-0.15, -0.1) is 11.3 Å². The molecule has 0 saturated heterocycles. The Bertz CT molecular complexity index is 551. The molecular formula is C13H16N2O2S. The summed E-state index contributed by atoms with van der Waals surface area (Å²) in [6.45, 7) is 4.70. The van der Waals surface area contributed by atoms with Gasteiger partial charge < -0.3 is 10.1 Å². The number of aryl methyl sites for hydroxylation is 1. The summed E-state index contributed by atoms with van der Waals surface area (Å²) in [5.41, 5.74) is 1.76. The maximum atomic E-state index is 11.6. The third-order valence-corrected chi connectivity index (χ3v) is 3.29. The van der Waals surface area contributed by atoms with Crippen molar-refractivity contribution >= 4 is 33.1 Å². The van der Waals surface area contributed by atoms with Crippen LogP contribution in [0.5, 0.6) is 0 Å². The van der Waals surface area contributed by atoms with Crippen LogP contribution < -0.4 is 5.32 Å². The molecule has 0 unspecified atom stereocenters. The summed E-state index contributed by atoms with van der Waals surface area (Å²) in [6, 6.07) is 5.72. The van der Waals surface area contributed by atoms with Crippen LogP contribution in [0.4, 0.5) is 5.69 Å². The van der Waals surface area contributed by atoms with Crippen molar-refractivity contribution < 1.29 is 9.53 Å². The van der Waals surface area contributed by atoms with E-state index in [0.29, 0.717) is 6.61 Å². The van der Waals surface area contributed by atoms with Gasteiger partial charge in [-0.2, -0.15) is 0 Å². The third-order valence-electron chi connectivity index (χ3n) is 2.36. The predicted octanol–water partition coefficient (Wildman–Crippen LogP) is 2.97. The van der Waals surface area contributed by atoms with Crippen LogP contribution in [0.2, 0.25) is 0 Å². The number of nitrogens with one attached hydrogen (secondary N) is 1. The Hall–Kier alpha value is -1.46. The highest BCUT2D eigenvalue weighted by Crippen LogP contribution is 2.24. The number of thiazole rings is 1. The number of hydrogen-bond donors (Lipinski definition) is 1. The summed E-state index contributed by atoms with van der Waals surface area (Å²) >= 11 is 1.62. The summed E-state index contributed by atoms with van der Waals surface area (Å²) in [5, 5.41) is 3.84. The number of amides is 1. The normalized spacial score (nSPS) is 10.8. The zero-order valence-electron chi connectivity index (χ0n) is 10.5. The Morgan fingerprint density at radius 2 is 2.33 bits per heavy atom. The number of benzene rings is 1. The molecule has 1 aromatic heterocycles. The van der Waals surface area contributed by atoms with Crippen LogP contribution in [-0.2, 0) is 9.53 Å². The van der Waals surface area contributed by atoms with E-state index in [1.807, 2.05) is 32.0 Å². The second-order valence-electron chi connectivity index (χ2n) is 4.02. The number of hydrogen-bond acceptors (Lipinski definition) is 4. The quantitative estimate of drug-likeness (QED) is 0.845. The number of anilines is 1. The van der Waals surface area contributed by atoms with Gasteiger partial charge in [-0.3, -0.25) is 4.79 Å². The average Bonchev–Trinajstić information content (AvgIpc) is 2.69. The molecule has 2 rings (SSSR count). The van der Waals surface area contributed by atoms with Crippen molar-refractivity contribution in [3.8, 4) is 0 Å². The first kappa shape index (κ1) is 13.0. The van der Waals surface area contributed by atoms with E-state index < -0.39 is 0 Å². The topological polar surface area (TPSA) is 51.2 Å². The Balaban J connectivity index is 2.00. The highest BCUT2D eigenvalue weighted by molar-refractivity contribution is 7.18. The minimum Gasteiger partial charge on any atom is -0.372 e. The molecule has 0 atom stereocenters. The zero-order valence-corrected chi connectivity index (χ0v) is 11.3. The van der Waals surface area contributed by atoms with Crippen molar-refractivity contribution in [1.29, 1.82) is 0 Å². The SMILES string of the molecule is CCCOCC(=O)Nc1ccc2nc(C)sc2c1. The van der Waals surface area contributed by atoms with E-state index in [4.69, 9.17) is 4.74 Å². The summed E-state index contributed by atoms with van der Waals surface area (Å²) < 4.78 is 6.27. The monoisotopic (exact) mass is 264 g/mol. The first-order valence-corrected chi connectivity index (χ1v) is 6.75. The van der Waals surface area contributed by atoms with E-state index >= 15 is 0 Å². The average molecular weight is 264 g/mol. The van der Waals surface area contributed by atoms with Gasteiger partial charge in [0.2, 0.25) is 5.91 Å². The maximum Gasteiger partial charge on any atom is 0.250 e. The van der Waals surface area contributed by atoms with Gasteiger partial charge >= 0.3 is 0 Å². The third kappa shape index (κ3) is 3.27. The molecule has 1 N–H and O–H groups in total. The van der Waals surface area contributed by atoms with E-state index in [1.165, 1.54) is 0 Å². The number of carbonyl (C=O) groups is 1. The zero-order chi connectivity index (χ0) is 13.0. The van der Waals surface area contributed by atoms with E-state index in [-0.39, 0.29) is 12.5 Å². The predicted molar refractivity (Wildman–Crippen MR) is 74.1 cm³/mol. The molecule has 0 radical (unpaired) electrons. The summed E-state index contributed by atoms with van der Waals surface area (Å²) in [6.07, 6.45) is 0.916. The lowest BCUT2D eigenvalue weighted by Gasteiger charge is -2.05. The number of fused-ring (bicyclic) bond motifs is 1. The highest BCUT2D eigenvalue weighted by atomic mass is 32.1. The largest absolute Gasteiger partial charge is 0.372 e. The molecule has 0 bridgehead atoms. The summed E-state index contributed by atoms with van der Waals surface area (Å²) in [5.74, 6) is -0.121. The van der Waals surface area contributed by atoms with Gasteiger partial charge in [-0.1, -0.05) is 6.92 Å². The Kier molecular flexibility index (Phi) is 4.28. The van der Waals surface area contributed by atoms with Crippen molar-refractivity contribution in [2.45, 2.75) is 20.3 Å². The Morgan fingerprint density at radius 1 is 1.50 bits per heavy atom. The molecule has 0 spiro atoms. The smallest absolute Gasteiger partial charge is 0.250 e. The number of aromatic nitrogens is 1. The van der Waals surface area contributed by atoms with Crippen LogP contribution >= 0.6 is 11.3 Å². The van der Waals surface area contributed by atoms with Gasteiger partial charge in [0, 0.05) is 12.3 Å². The van der Waals surface area contributed by atoms with Crippen molar-refractivity contribution in [2.24, 2.45) is 0 Å². The van der Waals surface area contributed by atoms with Gasteiger partial charge in [0.1, 0.15) is 6.61 Å². The number of rotatable bonds is 5. The van der Waals surface area contributed by atoms with Crippen LogP contribution in [0.15, 0.2) is 18.2 Å². The fraction of sp³-hybridized carbons (Fsp3) is 0.385. The second-order valence-corrected chi connectivity index (χ2v) is 5.25. The Labute approximate surface area is 110 Å². The summed E-state index contributed by atoms with van der Waals surface area (Å²) in [7, 11) is 0. The molecule has 96 valence electrons. The fourth-order valence-corrected chi connectivity index (χ4v) is 2.49. The molecule has 0 aliphatic carbocycles. The molecule has 18 heavy (non-hydrogen) atoms. The lowest BCUT2D eigenvalue weighted by atomic mass is 10.3. The molecule has 1 amide bonds. The molecule has 0 aliphatic heterocycles. The number of ether oxygens (including phenoxy) is 1. The molecule has 0 saturated carbocycles. The molecule has 0 fully saturated rings. The first-order valence-electron chi connectivity index (χ1n) is 5.94. The molecule has 2 aromatic rings. The van der Waals surface area contributed by atoms with Gasteiger partial charge in [-0.25, -0.2) is 4.98 Å².